The molecule has 0 aliphatic carbocycles. The normalized spacial score (nSPS) is 10.6. The molecular weight excluding hydrogens is 328 g/mol. The zero-order valence-electron chi connectivity index (χ0n) is 15.8. The molecule has 138 valence electrons. The van der Waals surface area contributed by atoms with Crippen molar-refractivity contribution < 1.29 is 14.3 Å². The SMILES string of the molecule is CCN(CC)c1ccc(NC(=O)/C=C\c2ccc(OC)c(OC)c2)cc1. The molecule has 1 N–H and O–H groups in total. The van der Waals surface area contributed by atoms with Crippen LogP contribution in [0.25, 0.3) is 6.08 Å². The number of anilines is 2. The third-order valence-corrected chi connectivity index (χ3v) is 4.10. The molecule has 0 fully saturated rings. The Labute approximate surface area is 155 Å². The maximum atomic E-state index is 12.1. The molecule has 0 saturated heterocycles. The first-order valence-corrected chi connectivity index (χ1v) is 8.67. The Morgan fingerprint density at radius 1 is 1.00 bits per heavy atom. The van der Waals surface area contributed by atoms with Crippen molar-refractivity contribution >= 4 is 23.4 Å². The first-order valence-electron chi connectivity index (χ1n) is 8.67. The molecule has 0 aliphatic heterocycles. The van der Waals surface area contributed by atoms with Crippen LogP contribution in [0.3, 0.4) is 0 Å². The number of nitrogens with zero attached hydrogens (tertiary/aromatic N) is 1. The Morgan fingerprint density at radius 3 is 2.23 bits per heavy atom. The highest BCUT2D eigenvalue weighted by molar-refractivity contribution is 6.02. The van der Waals surface area contributed by atoms with Gasteiger partial charge in [0.05, 0.1) is 14.2 Å². The van der Waals surface area contributed by atoms with Gasteiger partial charge in [0.25, 0.3) is 0 Å². The second-order valence-corrected chi connectivity index (χ2v) is 5.66. The number of ether oxygens (including phenoxy) is 2. The molecule has 5 nitrogen and oxygen atoms in total. The molecule has 0 unspecified atom stereocenters. The fourth-order valence-corrected chi connectivity index (χ4v) is 2.66. The summed E-state index contributed by atoms with van der Waals surface area (Å²) < 4.78 is 10.5. The predicted molar refractivity (Wildman–Crippen MR) is 107 cm³/mol. The van der Waals surface area contributed by atoms with Gasteiger partial charge in [-0.1, -0.05) is 6.07 Å². The van der Waals surface area contributed by atoms with Crippen LogP contribution in [-0.4, -0.2) is 33.2 Å². The summed E-state index contributed by atoms with van der Waals surface area (Å²) in [5.74, 6) is 1.10. The molecule has 5 heteroatoms. The van der Waals surface area contributed by atoms with Gasteiger partial charge in [0, 0.05) is 30.5 Å². The van der Waals surface area contributed by atoms with Gasteiger partial charge in [0.2, 0.25) is 5.91 Å². The second kappa shape index (κ2) is 9.51. The van der Waals surface area contributed by atoms with Gasteiger partial charge in [-0.25, -0.2) is 0 Å². The molecule has 0 atom stereocenters. The van der Waals surface area contributed by atoms with Gasteiger partial charge < -0.3 is 19.7 Å². The lowest BCUT2D eigenvalue weighted by molar-refractivity contribution is -0.111. The highest BCUT2D eigenvalue weighted by Crippen LogP contribution is 2.28. The van der Waals surface area contributed by atoms with Crippen LogP contribution in [0.5, 0.6) is 11.5 Å². The van der Waals surface area contributed by atoms with E-state index in [2.05, 4.69) is 24.1 Å². The molecule has 2 aromatic rings. The second-order valence-electron chi connectivity index (χ2n) is 5.66. The van der Waals surface area contributed by atoms with Crippen molar-refractivity contribution in [2.75, 3.05) is 37.5 Å². The number of rotatable bonds is 8. The van der Waals surface area contributed by atoms with Crippen LogP contribution < -0.4 is 19.7 Å². The first kappa shape index (κ1) is 19.4. The quantitative estimate of drug-likeness (QED) is 0.722. The summed E-state index contributed by atoms with van der Waals surface area (Å²) in [6.45, 7) is 6.16. The monoisotopic (exact) mass is 354 g/mol. The Hall–Kier alpha value is -2.95. The molecule has 26 heavy (non-hydrogen) atoms. The summed E-state index contributed by atoms with van der Waals surface area (Å²) in [5.41, 5.74) is 2.77. The predicted octanol–water partition coefficient (Wildman–Crippen LogP) is 4.20. The van der Waals surface area contributed by atoms with E-state index in [-0.39, 0.29) is 5.91 Å². The van der Waals surface area contributed by atoms with Gasteiger partial charge in [-0.2, -0.15) is 0 Å². The Bertz CT molecular complexity index is 750. The lowest BCUT2D eigenvalue weighted by Crippen LogP contribution is -2.21. The molecule has 2 aromatic carbocycles. The standard InChI is InChI=1S/C21H26N2O3/c1-5-23(6-2)18-11-9-17(10-12-18)22-21(24)14-8-16-7-13-19(25-3)20(15-16)26-4/h7-15H,5-6H2,1-4H3,(H,22,24)/b14-8-. The molecule has 0 radical (unpaired) electrons. The topological polar surface area (TPSA) is 50.8 Å². The van der Waals surface area contributed by atoms with E-state index < -0.39 is 0 Å². The van der Waals surface area contributed by atoms with Crippen LogP contribution >= 0.6 is 0 Å². The van der Waals surface area contributed by atoms with Crippen LogP contribution in [0.1, 0.15) is 19.4 Å². The van der Waals surface area contributed by atoms with E-state index in [0.717, 1.165) is 30.0 Å². The largest absolute Gasteiger partial charge is 0.493 e. The van der Waals surface area contributed by atoms with Crippen molar-refractivity contribution in [1.82, 2.24) is 0 Å². The Balaban J connectivity index is 2.01. The highest BCUT2D eigenvalue weighted by Gasteiger charge is 2.04. The summed E-state index contributed by atoms with van der Waals surface area (Å²) in [6, 6.07) is 13.3. The van der Waals surface area contributed by atoms with Gasteiger partial charge in [-0.15, -0.1) is 0 Å². The molecule has 1 amide bonds. The van der Waals surface area contributed by atoms with Crippen LogP contribution in [0.2, 0.25) is 0 Å². The van der Waals surface area contributed by atoms with Gasteiger partial charge in [0.1, 0.15) is 0 Å². The van der Waals surface area contributed by atoms with Crippen molar-refractivity contribution in [1.29, 1.82) is 0 Å². The number of methoxy groups -OCH3 is 2. The summed E-state index contributed by atoms with van der Waals surface area (Å²) >= 11 is 0. The summed E-state index contributed by atoms with van der Waals surface area (Å²) in [7, 11) is 3.17. The van der Waals surface area contributed by atoms with Crippen molar-refractivity contribution in [2.45, 2.75) is 13.8 Å². The van der Waals surface area contributed by atoms with Crippen LogP contribution in [0.15, 0.2) is 48.5 Å². The zero-order valence-corrected chi connectivity index (χ0v) is 15.8. The third-order valence-electron chi connectivity index (χ3n) is 4.10. The molecule has 0 saturated carbocycles. The minimum Gasteiger partial charge on any atom is -0.493 e. The van der Waals surface area contributed by atoms with Crippen LogP contribution in [0, 0.1) is 0 Å². The zero-order chi connectivity index (χ0) is 18.9. The van der Waals surface area contributed by atoms with E-state index in [4.69, 9.17) is 9.47 Å². The summed E-state index contributed by atoms with van der Waals surface area (Å²) in [4.78, 5) is 14.4. The fraction of sp³-hybridized carbons (Fsp3) is 0.286. The van der Waals surface area contributed by atoms with E-state index >= 15 is 0 Å². The maximum Gasteiger partial charge on any atom is 0.248 e. The van der Waals surface area contributed by atoms with Crippen LogP contribution in [-0.2, 0) is 4.79 Å². The Morgan fingerprint density at radius 2 is 1.65 bits per heavy atom. The molecule has 2 rings (SSSR count). The molecule has 0 spiro atoms. The van der Waals surface area contributed by atoms with Crippen molar-refractivity contribution in [3.63, 3.8) is 0 Å². The smallest absolute Gasteiger partial charge is 0.248 e. The van der Waals surface area contributed by atoms with E-state index in [0.29, 0.717) is 11.5 Å². The number of carbonyl (C=O) groups excluding carboxylic acids is 1. The maximum absolute atomic E-state index is 12.1. The van der Waals surface area contributed by atoms with Gasteiger partial charge in [-0.05, 0) is 61.9 Å². The van der Waals surface area contributed by atoms with Crippen LogP contribution in [0.4, 0.5) is 11.4 Å². The van der Waals surface area contributed by atoms with Gasteiger partial charge in [0.15, 0.2) is 11.5 Å². The Kier molecular flexibility index (Phi) is 7.09. The van der Waals surface area contributed by atoms with Gasteiger partial charge in [-0.3, -0.25) is 4.79 Å². The van der Waals surface area contributed by atoms with Crippen molar-refractivity contribution in [3.05, 3.63) is 54.1 Å². The van der Waals surface area contributed by atoms with E-state index in [9.17, 15) is 4.79 Å². The lowest BCUT2D eigenvalue weighted by atomic mass is 10.2. The summed E-state index contributed by atoms with van der Waals surface area (Å²) in [5, 5.41) is 2.87. The molecule has 0 aliphatic rings. The average Bonchev–Trinajstić information content (AvgIpc) is 2.68. The molecule has 0 heterocycles. The van der Waals surface area contributed by atoms with Crippen molar-refractivity contribution in [3.8, 4) is 11.5 Å². The molecule has 0 bridgehead atoms. The highest BCUT2D eigenvalue weighted by atomic mass is 16.5. The first-order chi connectivity index (χ1) is 12.6. The summed E-state index contributed by atoms with van der Waals surface area (Å²) in [6.07, 6.45) is 3.24. The van der Waals surface area contributed by atoms with Gasteiger partial charge >= 0.3 is 0 Å². The van der Waals surface area contributed by atoms with E-state index in [1.165, 1.54) is 6.08 Å². The average molecular weight is 354 g/mol. The van der Waals surface area contributed by atoms with E-state index in [1.807, 2.05) is 42.5 Å². The number of hydrogen-bond acceptors (Lipinski definition) is 4. The number of hydrogen-bond donors (Lipinski definition) is 1. The molecule has 0 aromatic heterocycles. The number of benzene rings is 2. The molecular formula is C21H26N2O3. The van der Waals surface area contributed by atoms with Crippen molar-refractivity contribution in [2.24, 2.45) is 0 Å². The minimum atomic E-state index is -0.185. The number of carbonyl (C=O) groups is 1. The number of nitrogens with one attached hydrogen (secondary N) is 1. The van der Waals surface area contributed by atoms with E-state index in [1.54, 1.807) is 20.3 Å². The number of amides is 1. The fourth-order valence-electron chi connectivity index (χ4n) is 2.66. The lowest BCUT2D eigenvalue weighted by Gasteiger charge is -2.21. The minimum absolute atomic E-state index is 0.185. The third kappa shape index (κ3) is 5.02.